The fourth-order valence-electron chi connectivity index (χ4n) is 3.84. The van der Waals surface area contributed by atoms with E-state index >= 15 is 0 Å². The Morgan fingerprint density at radius 2 is 1.37 bits per heavy atom. The maximum Gasteiger partial charge on any atom is 0.337 e. The number of hydrogen-bond donors (Lipinski definition) is 2. The summed E-state index contributed by atoms with van der Waals surface area (Å²) in [6, 6.07) is 23.1. The number of amides is 1. The Labute approximate surface area is 157 Å². The average Bonchev–Trinajstić information content (AvgIpc) is 3.00. The van der Waals surface area contributed by atoms with Gasteiger partial charge in [-0.2, -0.15) is 0 Å². The van der Waals surface area contributed by atoms with Crippen LogP contribution in [0, 0.1) is 0 Å². The van der Waals surface area contributed by atoms with Gasteiger partial charge in [-0.1, -0.05) is 60.7 Å². The van der Waals surface area contributed by atoms with Gasteiger partial charge in [0.2, 0.25) is 5.91 Å². The van der Waals surface area contributed by atoms with Gasteiger partial charge >= 0.3 is 5.97 Å². The zero-order chi connectivity index (χ0) is 18.8. The normalized spacial score (nSPS) is 12.3. The standard InChI is InChI=1S/C23H19NO3/c25-22(24-21-12-6-5-11-20(21)23(26)27)14-13-19-17-9-3-1-7-15(17)16-8-2-4-10-18(16)19/h1-12,19H,13-14H2,(H,24,25)(H,26,27). The van der Waals surface area contributed by atoms with Crippen LogP contribution in [0.25, 0.3) is 11.1 Å². The van der Waals surface area contributed by atoms with Gasteiger partial charge in [0.25, 0.3) is 0 Å². The van der Waals surface area contributed by atoms with Crippen molar-refractivity contribution in [1.82, 2.24) is 0 Å². The maximum atomic E-state index is 12.5. The molecule has 0 atom stereocenters. The van der Waals surface area contributed by atoms with Crippen LogP contribution in [-0.4, -0.2) is 17.0 Å². The minimum absolute atomic E-state index is 0.0995. The lowest BCUT2D eigenvalue weighted by molar-refractivity contribution is -0.116. The van der Waals surface area contributed by atoms with Gasteiger partial charge in [0, 0.05) is 12.3 Å². The van der Waals surface area contributed by atoms with Gasteiger partial charge < -0.3 is 10.4 Å². The molecule has 1 amide bonds. The molecule has 4 nitrogen and oxygen atoms in total. The van der Waals surface area contributed by atoms with Gasteiger partial charge in [0.1, 0.15) is 0 Å². The summed E-state index contributed by atoms with van der Waals surface area (Å²) in [5.74, 6) is -1.05. The molecule has 1 aliphatic carbocycles. The van der Waals surface area contributed by atoms with E-state index in [4.69, 9.17) is 0 Å². The zero-order valence-corrected chi connectivity index (χ0v) is 14.7. The van der Waals surface area contributed by atoms with Crippen molar-refractivity contribution in [3.05, 3.63) is 89.5 Å². The highest BCUT2D eigenvalue weighted by molar-refractivity contribution is 6.00. The lowest BCUT2D eigenvalue weighted by atomic mass is 9.92. The molecule has 0 unspecified atom stereocenters. The number of fused-ring (bicyclic) bond motifs is 3. The molecule has 3 aromatic carbocycles. The molecule has 0 saturated carbocycles. The predicted molar refractivity (Wildman–Crippen MR) is 105 cm³/mol. The van der Waals surface area contributed by atoms with Crippen molar-refractivity contribution in [1.29, 1.82) is 0 Å². The molecule has 4 heteroatoms. The van der Waals surface area contributed by atoms with Crippen LogP contribution in [0.5, 0.6) is 0 Å². The Balaban J connectivity index is 1.51. The molecular weight excluding hydrogens is 338 g/mol. The Kier molecular flexibility index (Phi) is 4.47. The van der Waals surface area contributed by atoms with Gasteiger partial charge in [-0.3, -0.25) is 4.79 Å². The highest BCUT2D eigenvalue weighted by Gasteiger charge is 2.28. The van der Waals surface area contributed by atoms with Crippen LogP contribution in [0.1, 0.15) is 40.2 Å². The lowest BCUT2D eigenvalue weighted by Gasteiger charge is -2.14. The van der Waals surface area contributed by atoms with E-state index in [0.717, 1.165) is 0 Å². The minimum Gasteiger partial charge on any atom is -0.478 e. The number of aromatic carboxylic acids is 1. The first kappa shape index (κ1) is 17.0. The molecule has 0 saturated heterocycles. The fourth-order valence-corrected chi connectivity index (χ4v) is 3.84. The number of carboxylic acid groups (broad SMARTS) is 1. The van der Waals surface area contributed by atoms with E-state index in [0.29, 0.717) is 18.5 Å². The van der Waals surface area contributed by atoms with Crippen LogP contribution in [0.4, 0.5) is 5.69 Å². The largest absolute Gasteiger partial charge is 0.478 e. The monoisotopic (exact) mass is 357 g/mol. The number of nitrogens with one attached hydrogen (secondary N) is 1. The quantitative estimate of drug-likeness (QED) is 0.681. The molecule has 4 rings (SSSR count). The van der Waals surface area contributed by atoms with Crippen LogP contribution in [0.15, 0.2) is 72.8 Å². The van der Waals surface area contributed by atoms with Crippen LogP contribution in [0.2, 0.25) is 0 Å². The van der Waals surface area contributed by atoms with E-state index in [1.54, 1.807) is 18.2 Å². The van der Waals surface area contributed by atoms with Crippen LogP contribution >= 0.6 is 0 Å². The number of benzene rings is 3. The highest BCUT2D eigenvalue weighted by atomic mass is 16.4. The van der Waals surface area contributed by atoms with E-state index < -0.39 is 5.97 Å². The number of anilines is 1. The number of para-hydroxylation sites is 1. The Bertz CT molecular complexity index is 980. The van der Waals surface area contributed by atoms with Crippen LogP contribution < -0.4 is 5.32 Å². The first-order valence-corrected chi connectivity index (χ1v) is 8.95. The van der Waals surface area contributed by atoms with Gasteiger partial charge in [-0.05, 0) is 40.8 Å². The SMILES string of the molecule is O=C(CCC1c2ccccc2-c2ccccc21)Nc1ccccc1C(=O)O. The molecule has 2 N–H and O–H groups in total. The van der Waals surface area contributed by atoms with Gasteiger partial charge in [0.15, 0.2) is 0 Å². The van der Waals surface area contributed by atoms with Crippen LogP contribution in [0.3, 0.4) is 0 Å². The van der Waals surface area contributed by atoms with Gasteiger partial charge in [-0.15, -0.1) is 0 Å². The number of carbonyl (C=O) groups excluding carboxylic acids is 1. The average molecular weight is 357 g/mol. The molecular formula is C23H19NO3. The van der Waals surface area contributed by atoms with Crippen molar-refractivity contribution in [2.45, 2.75) is 18.8 Å². The summed E-state index contributed by atoms with van der Waals surface area (Å²) in [6.45, 7) is 0. The van der Waals surface area contributed by atoms with E-state index in [2.05, 4.69) is 29.6 Å². The lowest BCUT2D eigenvalue weighted by Crippen LogP contribution is -2.15. The molecule has 1 aliphatic rings. The summed E-state index contributed by atoms with van der Waals surface area (Å²) in [5.41, 5.74) is 5.39. The minimum atomic E-state index is -1.05. The smallest absolute Gasteiger partial charge is 0.337 e. The predicted octanol–water partition coefficient (Wildman–Crippen LogP) is 4.92. The summed E-state index contributed by atoms with van der Waals surface area (Å²) in [7, 11) is 0. The third-order valence-electron chi connectivity index (χ3n) is 5.05. The summed E-state index contributed by atoms with van der Waals surface area (Å²) in [6.07, 6.45) is 0.996. The summed E-state index contributed by atoms with van der Waals surface area (Å²) < 4.78 is 0. The summed E-state index contributed by atoms with van der Waals surface area (Å²) in [5, 5.41) is 12.0. The fraction of sp³-hybridized carbons (Fsp3) is 0.130. The van der Waals surface area contributed by atoms with E-state index in [9.17, 15) is 14.7 Å². The van der Waals surface area contributed by atoms with E-state index in [-0.39, 0.29) is 17.4 Å². The molecule has 3 aromatic rings. The Morgan fingerprint density at radius 1 is 0.815 bits per heavy atom. The molecule has 0 spiro atoms. The summed E-state index contributed by atoms with van der Waals surface area (Å²) >= 11 is 0. The second-order valence-corrected chi connectivity index (χ2v) is 6.66. The third kappa shape index (κ3) is 3.22. The Morgan fingerprint density at radius 3 is 2.00 bits per heavy atom. The number of carbonyl (C=O) groups is 2. The van der Waals surface area contributed by atoms with E-state index in [1.807, 2.05) is 24.3 Å². The number of hydrogen-bond acceptors (Lipinski definition) is 2. The van der Waals surface area contributed by atoms with Crippen molar-refractivity contribution in [2.75, 3.05) is 5.32 Å². The first-order chi connectivity index (χ1) is 13.1. The third-order valence-corrected chi connectivity index (χ3v) is 5.05. The topological polar surface area (TPSA) is 66.4 Å². The summed E-state index contributed by atoms with van der Waals surface area (Å²) in [4.78, 5) is 23.8. The molecule has 27 heavy (non-hydrogen) atoms. The van der Waals surface area contributed by atoms with E-state index in [1.165, 1.54) is 28.3 Å². The van der Waals surface area contributed by atoms with Crippen molar-refractivity contribution in [3.8, 4) is 11.1 Å². The molecule has 0 fully saturated rings. The second kappa shape index (κ2) is 7.08. The molecule has 0 radical (unpaired) electrons. The van der Waals surface area contributed by atoms with Crippen molar-refractivity contribution >= 4 is 17.6 Å². The van der Waals surface area contributed by atoms with Crippen molar-refractivity contribution < 1.29 is 14.7 Å². The maximum absolute atomic E-state index is 12.5. The Hall–Kier alpha value is -3.40. The van der Waals surface area contributed by atoms with Gasteiger partial charge in [-0.25, -0.2) is 4.79 Å². The number of rotatable bonds is 5. The molecule has 0 heterocycles. The van der Waals surface area contributed by atoms with Gasteiger partial charge in [0.05, 0.1) is 11.3 Å². The molecule has 0 aromatic heterocycles. The highest BCUT2D eigenvalue weighted by Crippen LogP contribution is 2.46. The van der Waals surface area contributed by atoms with Crippen molar-refractivity contribution in [3.63, 3.8) is 0 Å². The first-order valence-electron chi connectivity index (χ1n) is 8.95. The number of carboxylic acids is 1. The molecule has 134 valence electrons. The zero-order valence-electron chi connectivity index (χ0n) is 14.7. The molecule has 0 bridgehead atoms. The second-order valence-electron chi connectivity index (χ2n) is 6.66. The van der Waals surface area contributed by atoms with Crippen molar-refractivity contribution in [2.24, 2.45) is 0 Å². The molecule has 0 aliphatic heterocycles. The van der Waals surface area contributed by atoms with Crippen LogP contribution in [-0.2, 0) is 4.79 Å².